The molecule has 0 saturated heterocycles. The molecule has 0 aliphatic rings. The van der Waals surface area contributed by atoms with E-state index in [9.17, 15) is 10.1 Å². The highest BCUT2D eigenvalue weighted by Crippen LogP contribution is 2.30. The Kier molecular flexibility index (Phi) is 6.17. The zero-order valence-corrected chi connectivity index (χ0v) is 16.4. The number of benzene rings is 2. The van der Waals surface area contributed by atoms with Crippen molar-refractivity contribution in [1.82, 2.24) is 4.98 Å². The van der Waals surface area contributed by atoms with Crippen molar-refractivity contribution in [2.75, 3.05) is 24.9 Å². The van der Waals surface area contributed by atoms with Crippen LogP contribution in [0.15, 0.2) is 54.7 Å². The number of carbonyl (C=O) groups excluding carboxylic acids is 1. The van der Waals surface area contributed by atoms with Crippen molar-refractivity contribution in [2.45, 2.75) is 0 Å². The number of halogens is 1. The van der Waals surface area contributed by atoms with Gasteiger partial charge in [0.05, 0.1) is 36.2 Å². The lowest BCUT2D eigenvalue weighted by Gasteiger charge is -2.12. The van der Waals surface area contributed by atoms with Gasteiger partial charge in [-0.15, -0.1) is 0 Å². The van der Waals surface area contributed by atoms with E-state index < -0.39 is 6.03 Å². The number of nitriles is 1. The summed E-state index contributed by atoms with van der Waals surface area (Å²) < 4.78 is 10.4. The molecular weight excluding hydrogens is 392 g/mol. The molecule has 0 atom stereocenters. The third-order valence-electron chi connectivity index (χ3n) is 4.09. The predicted molar refractivity (Wildman–Crippen MR) is 112 cm³/mol. The molecule has 7 nitrogen and oxygen atoms in total. The van der Waals surface area contributed by atoms with Crippen LogP contribution in [-0.4, -0.2) is 25.2 Å². The summed E-state index contributed by atoms with van der Waals surface area (Å²) in [5.41, 5.74) is 2.58. The molecule has 29 heavy (non-hydrogen) atoms. The summed E-state index contributed by atoms with van der Waals surface area (Å²) in [5.74, 6) is 1.10. The van der Waals surface area contributed by atoms with E-state index in [1.807, 2.05) is 0 Å². The zero-order valence-electron chi connectivity index (χ0n) is 15.7. The number of carbonyl (C=O) groups is 1. The molecule has 1 aromatic heterocycles. The monoisotopic (exact) mass is 408 g/mol. The number of hydrogen-bond acceptors (Lipinski definition) is 5. The Hall–Kier alpha value is -3.76. The summed E-state index contributed by atoms with van der Waals surface area (Å²) in [5, 5.41) is 15.1. The number of nitrogens with one attached hydrogen (secondary N) is 2. The number of ether oxygens (including phenoxy) is 2. The SMILES string of the molecule is COc1ccc(NC(=O)Nc2ccc(-c3nccc(Cl)c3C#N)cc2)c(OC)c1. The lowest BCUT2D eigenvalue weighted by atomic mass is 10.1. The van der Waals surface area contributed by atoms with Gasteiger partial charge in [-0.25, -0.2) is 4.79 Å². The summed E-state index contributed by atoms with van der Waals surface area (Å²) in [6, 6.07) is 15.2. The molecule has 2 aromatic carbocycles. The van der Waals surface area contributed by atoms with Crippen molar-refractivity contribution in [3.63, 3.8) is 0 Å². The number of anilines is 2. The Bertz CT molecular complexity index is 1080. The minimum Gasteiger partial charge on any atom is -0.497 e. The first-order valence-corrected chi connectivity index (χ1v) is 8.88. The van der Waals surface area contributed by atoms with Crippen molar-refractivity contribution in [2.24, 2.45) is 0 Å². The standard InChI is InChI=1S/C21H17ClN4O3/c1-28-15-7-8-18(19(11-15)29-2)26-21(27)25-14-5-3-13(4-6-14)20-16(12-23)17(22)9-10-24-20/h3-11H,1-2H3,(H2,25,26,27). The lowest BCUT2D eigenvalue weighted by molar-refractivity contribution is 0.262. The van der Waals surface area contributed by atoms with Gasteiger partial charge in [0.15, 0.2) is 0 Å². The van der Waals surface area contributed by atoms with Gasteiger partial charge in [0.1, 0.15) is 17.6 Å². The van der Waals surface area contributed by atoms with Crippen LogP contribution in [0.2, 0.25) is 5.02 Å². The Labute approximate surface area is 172 Å². The second-order valence-corrected chi connectivity index (χ2v) is 6.26. The maximum atomic E-state index is 12.3. The van der Waals surface area contributed by atoms with Gasteiger partial charge in [0.25, 0.3) is 0 Å². The van der Waals surface area contributed by atoms with Gasteiger partial charge in [-0.2, -0.15) is 5.26 Å². The van der Waals surface area contributed by atoms with Crippen LogP contribution in [0.4, 0.5) is 16.2 Å². The molecule has 146 valence electrons. The second kappa shape index (κ2) is 8.95. The van der Waals surface area contributed by atoms with E-state index in [-0.39, 0.29) is 0 Å². The summed E-state index contributed by atoms with van der Waals surface area (Å²) in [4.78, 5) is 16.6. The van der Waals surface area contributed by atoms with Crippen LogP contribution in [-0.2, 0) is 0 Å². The fraction of sp³-hybridized carbons (Fsp3) is 0.0952. The third kappa shape index (κ3) is 4.57. The predicted octanol–water partition coefficient (Wildman–Crippen LogP) is 4.93. The normalized spacial score (nSPS) is 10.0. The average Bonchev–Trinajstić information content (AvgIpc) is 2.74. The van der Waals surface area contributed by atoms with Crippen molar-refractivity contribution in [3.05, 3.63) is 65.3 Å². The van der Waals surface area contributed by atoms with Crippen molar-refractivity contribution in [1.29, 1.82) is 5.26 Å². The Morgan fingerprint density at radius 2 is 1.83 bits per heavy atom. The number of amides is 2. The fourth-order valence-corrected chi connectivity index (χ4v) is 2.85. The maximum Gasteiger partial charge on any atom is 0.323 e. The molecule has 0 aliphatic heterocycles. The van der Waals surface area contributed by atoms with E-state index in [1.165, 1.54) is 7.11 Å². The Balaban J connectivity index is 1.73. The van der Waals surface area contributed by atoms with Crippen LogP contribution < -0.4 is 20.1 Å². The van der Waals surface area contributed by atoms with E-state index in [2.05, 4.69) is 21.7 Å². The minimum absolute atomic E-state index is 0.305. The molecule has 8 heteroatoms. The molecule has 3 aromatic rings. The van der Waals surface area contributed by atoms with Crippen LogP contribution >= 0.6 is 11.6 Å². The number of pyridine rings is 1. The third-order valence-corrected chi connectivity index (χ3v) is 4.40. The van der Waals surface area contributed by atoms with Gasteiger partial charge in [0, 0.05) is 23.5 Å². The number of hydrogen-bond donors (Lipinski definition) is 2. The second-order valence-electron chi connectivity index (χ2n) is 5.85. The van der Waals surface area contributed by atoms with E-state index in [4.69, 9.17) is 21.1 Å². The topological polar surface area (TPSA) is 96.3 Å². The maximum absolute atomic E-state index is 12.3. The molecule has 0 unspecified atom stereocenters. The first-order valence-electron chi connectivity index (χ1n) is 8.50. The molecule has 0 bridgehead atoms. The van der Waals surface area contributed by atoms with Crippen molar-refractivity contribution < 1.29 is 14.3 Å². The van der Waals surface area contributed by atoms with Gasteiger partial charge in [-0.05, 0) is 30.3 Å². The van der Waals surface area contributed by atoms with Gasteiger partial charge in [-0.1, -0.05) is 23.7 Å². The Morgan fingerprint density at radius 3 is 2.48 bits per heavy atom. The average molecular weight is 409 g/mol. The molecule has 0 saturated carbocycles. The number of nitrogens with zero attached hydrogens (tertiary/aromatic N) is 2. The van der Waals surface area contributed by atoms with Crippen LogP contribution in [0.3, 0.4) is 0 Å². The highest BCUT2D eigenvalue weighted by molar-refractivity contribution is 6.32. The highest BCUT2D eigenvalue weighted by Gasteiger charge is 2.12. The summed E-state index contributed by atoms with van der Waals surface area (Å²) >= 11 is 6.05. The summed E-state index contributed by atoms with van der Waals surface area (Å²) in [7, 11) is 3.06. The fourth-order valence-electron chi connectivity index (χ4n) is 2.66. The van der Waals surface area contributed by atoms with Gasteiger partial charge < -0.3 is 20.1 Å². The summed E-state index contributed by atoms with van der Waals surface area (Å²) in [6.45, 7) is 0. The molecule has 3 rings (SSSR count). The molecule has 0 spiro atoms. The van der Waals surface area contributed by atoms with Gasteiger partial charge >= 0.3 is 6.03 Å². The lowest BCUT2D eigenvalue weighted by Crippen LogP contribution is -2.19. The van der Waals surface area contributed by atoms with Crippen molar-refractivity contribution in [3.8, 4) is 28.8 Å². The van der Waals surface area contributed by atoms with E-state index >= 15 is 0 Å². The smallest absolute Gasteiger partial charge is 0.323 e. The molecule has 0 fully saturated rings. The minimum atomic E-state index is -0.431. The van der Waals surface area contributed by atoms with E-state index in [0.717, 1.165) is 0 Å². The van der Waals surface area contributed by atoms with Crippen LogP contribution in [0, 0.1) is 11.3 Å². The number of aromatic nitrogens is 1. The molecule has 0 radical (unpaired) electrons. The first kappa shape index (κ1) is 20.0. The summed E-state index contributed by atoms with van der Waals surface area (Å²) in [6.07, 6.45) is 1.54. The van der Waals surface area contributed by atoms with E-state index in [1.54, 1.807) is 61.8 Å². The molecule has 1 heterocycles. The number of rotatable bonds is 5. The zero-order chi connectivity index (χ0) is 20.8. The van der Waals surface area contributed by atoms with Crippen molar-refractivity contribution >= 4 is 29.0 Å². The van der Waals surface area contributed by atoms with E-state index in [0.29, 0.717) is 44.7 Å². The highest BCUT2D eigenvalue weighted by atomic mass is 35.5. The quantitative estimate of drug-likeness (QED) is 0.623. The van der Waals surface area contributed by atoms with Crippen LogP contribution in [0.1, 0.15) is 5.56 Å². The van der Waals surface area contributed by atoms with Gasteiger partial charge in [0.2, 0.25) is 0 Å². The number of methoxy groups -OCH3 is 2. The molecule has 2 N–H and O–H groups in total. The molecule has 2 amide bonds. The van der Waals surface area contributed by atoms with Crippen LogP contribution in [0.5, 0.6) is 11.5 Å². The molecule has 0 aliphatic carbocycles. The first-order chi connectivity index (χ1) is 14.0. The number of urea groups is 1. The van der Waals surface area contributed by atoms with Crippen LogP contribution in [0.25, 0.3) is 11.3 Å². The van der Waals surface area contributed by atoms with Gasteiger partial charge in [-0.3, -0.25) is 4.98 Å². The Morgan fingerprint density at radius 1 is 1.07 bits per heavy atom. The largest absolute Gasteiger partial charge is 0.497 e. The molecular formula is C21H17ClN4O3.